The Kier molecular flexibility index (Phi) is 6.25. The molecule has 0 unspecified atom stereocenters. The molecule has 3 aromatic rings. The van der Waals surface area contributed by atoms with Crippen LogP contribution >= 0.6 is 11.3 Å². The SMILES string of the molecule is CCCc1cc(=O)n2nc(NCC3CCN(Cc4ccc(C)cc4)CC3)sc2n1. The van der Waals surface area contributed by atoms with E-state index in [1.54, 1.807) is 6.07 Å². The van der Waals surface area contributed by atoms with Gasteiger partial charge in [0, 0.05) is 24.8 Å². The second-order valence-corrected chi connectivity index (χ2v) is 8.98. The van der Waals surface area contributed by atoms with Gasteiger partial charge in [-0.2, -0.15) is 4.52 Å². The second kappa shape index (κ2) is 9.05. The van der Waals surface area contributed by atoms with E-state index in [2.05, 4.69) is 58.4 Å². The third-order valence-corrected chi connectivity index (χ3v) is 6.45. The minimum atomic E-state index is -0.0906. The van der Waals surface area contributed by atoms with Crippen molar-refractivity contribution in [2.24, 2.45) is 5.92 Å². The predicted octanol–water partition coefficient (Wildman–Crippen LogP) is 3.74. The number of hydrogen-bond donors (Lipinski definition) is 1. The van der Waals surface area contributed by atoms with E-state index in [1.807, 2.05) is 0 Å². The summed E-state index contributed by atoms with van der Waals surface area (Å²) in [7, 11) is 0. The summed E-state index contributed by atoms with van der Waals surface area (Å²) in [6, 6.07) is 10.4. The average molecular weight is 412 g/mol. The molecule has 1 fully saturated rings. The third kappa shape index (κ3) is 5.03. The molecule has 1 N–H and O–H groups in total. The summed E-state index contributed by atoms with van der Waals surface area (Å²) in [5, 5.41) is 8.64. The van der Waals surface area contributed by atoms with Gasteiger partial charge in [0.1, 0.15) is 0 Å². The fourth-order valence-corrected chi connectivity index (χ4v) is 4.67. The molecule has 0 saturated carbocycles. The lowest BCUT2D eigenvalue weighted by Gasteiger charge is -2.32. The van der Waals surface area contributed by atoms with Crippen LogP contribution in [-0.2, 0) is 13.0 Å². The van der Waals surface area contributed by atoms with Crippen LogP contribution in [0.1, 0.15) is 43.0 Å². The van der Waals surface area contributed by atoms with E-state index in [1.165, 1.54) is 39.8 Å². The number of piperidine rings is 1. The summed E-state index contributed by atoms with van der Waals surface area (Å²) < 4.78 is 1.41. The molecule has 154 valence electrons. The molecule has 6 nitrogen and oxygen atoms in total. The second-order valence-electron chi connectivity index (χ2n) is 8.02. The van der Waals surface area contributed by atoms with Crippen molar-refractivity contribution in [1.82, 2.24) is 19.5 Å². The molecule has 1 aromatic carbocycles. The Labute approximate surface area is 175 Å². The van der Waals surface area contributed by atoms with Gasteiger partial charge in [0.05, 0.1) is 0 Å². The maximum atomic E-state index is 12.2. The van der Waals surface area contributed by atoms with Crippen LogP contribution in [0.4, 0.5) is 5.13 Å². The zero-order chi connectivity index (χ0) is 20.2. The van der Waals surface area contributed by atoms with Crippen LogP contribution in [0.25, 0.3) is 4.96 Å². The molecule has 0 atom stereocenters. The smallest absolute Gasteiger partial charge is 0.275 e. The van der Waals surface area contributed by atoms with Gasteiger partial charge < -0.3 is 5.32 Å². The van der Waals surface area contributed by atoms with E-state index in [0.717, 1.165) is 49.8 Å². The van der Waals surface area contributed by atoms with Gasteiger partial charge in [0.15, 0.2) is 0 Å². The maximum Gasteiger partial charge on any atom is 0.275 e. The molecule has 1 saturated heterocycles. The normalized spacial score (nSPS) is 15.8. The largest absolute Gasteiger partial charge is 0.360 e. The van der Waals surface area contributed by atoms with E-state index < -0.39 is 0 Å². The van der Waals surface area contributed by atoms with Gasteiger partial charge in [0.25, 0.3) is 5.56 Å². The van der Waals surface area contributed by atoms with Crippen LogP contribution in [0.15, 0.2) is 35.1 Å². The van der Waals surface area contributed by atoms with Gasteiger partial charge in [-0.15, -0.1) is 5.10 Å². The average Bonchev–Trinajstić information content (AvgIpc) is 3.13. The molecule has 0 amide bonds. The summed E-state index contributed by atoms with van der Waals surface area (Å²) in [5.74, 6) is 0.636. The van der Waals surface area contributed by atoms with Crippen molar-refractivity contribution in [3.8, 4) is 0 Å². The monoisotopic (exact) mass is 411 g/mol. The van der Waals surface area contributed by atoms with Crippen molar-refractivity contribution in [3.63, 3.8) is 0 Å². The number of aromatic nitrogens is 3. The number of aryl methyl sites for hydroxylation is 2. The highest BCUT2D eigenvalue weighted by atomic mass is 32.1. The Bertz CT molecular complexity index is 1000. The first-order chi connectivity index (χ1) is 14.1. The summed E-state index contributed by atoms with van der Waals surface area (Å²) in [4.78, 5) is 20.0. The van der Waals surface area contributed by atoms with Gasteiger partial charge in [-0.25, -0.2) is 4.98 Å². The Balaban J connectivity index is 1.29. The van der Waals surface area contributed by atoms with Crippen LogP contribution in [0.5, 0.6) is 0 Å². The van der Waals surface area contributed by atoms with Crippen molar-refractivity contribution in [2.75, 3.05) is 25.0 Å². The lowest BCUT2D eigenvalue weighted by atomic mass is 9.96. The van der Waals surface area contributed by atoms with Gasteiger partial charge in [0.2, 0.25) is 10.1 Å². The van der Waals surface area contributed by atoms with E-state index in [4.69, 9.17) is 0 Å². The molecular formula is C22H29N5OS. The molecule has 0 aliphatic carbocycles. The number of nitrogens with zero attached hydrogens (tertiary/aromatic N) is 4. The van der Waals surface area contributed by atoms with Crippen LogP contribution in [-0.4, -0.2) is 39.1 Å². The van der Waals surface area contributed by atoms with Crippen molar-refractivity contribution in [1.29, 1.82) is 0 Å². The molecule has 29 heavy (non-hydrogen) atoms. The molecule has 0 spiro atoms. The van der Waals surface area contributed by atoms with Crippen molar-refractivity contribution in [3.05, 3.63) is 57.5 Å². The Morgan fingerprint density at radius 3 is 2.69 bits per heavy atom. The lowest BCUT2D eigenvalue weighted by Crippen LogP contribution is -2.35. The lowest BCUT2D eigenvalue weighted by molar-refractivity contribution is 0.182. The number of fused-ring (bicyclic) bond motifs is 1. The Hall–Kier alpha value is -2.25. The number of nitrogens with one attached hydrogen (secondary N) is 1. The molecule has 0 radical (unpaired) electrons. The quantitative estimate of drug-likeness (QED) is 0.642. The minimum absolute atomic E-state index is 0.0906. The zero-order valence-electron chi connectivity index (χ0n) is 17.2. The topological polar surface area (TPSA) is 62.5 Å². The summed E-state index contributed by atoms with van der Waals surface area (Å²) in [5.41, 5.74) is 3.47. The molecular weight excluding hydrogens is 382 g/mol. The van der Waals surface area contributed by atoms with E-state index >= 15 is 0 Å². The van der Waals surface area contributed by atoms with Gasteiger partial charge in [-0.3, -0.25) is 9.69 Å². The Morgan fingerprint density at radius 2 is 1.97 bits per heavy atom. The third-order valence-electron chi connectivity index (χ3n) is 5.58. The van der Waals surface area contributed by atoms with Gasteiger partial charge in [-0.1, -0.05) is 54.5 Å². The van der Waals surface area contributed by atoms with Crippen LogP contribution in [0.2, 0.25) is 0 Å². The fraction of sp³-hybridized carbons (Fsp3) is 0.500. The minimum Gasteiger partial charge on any atom is -0.360 e. The first-order valence-corrected chi connectivity index (χ1v) is 11.3. The number of likely N-dealkylation sites (tertiary alicyclic amines) is 1. The standard InChI is InChI=1S/C22H29N5OS/c1-3-4-19-13-20(28)27-22(24-19)29-21(25-27)23-14-17-9-11-26(12-10-17)15-18-7-5-16(2)6-8-18/h5-8,13,17H,3-4,9-12,14-15H2,1-2H3,(H,23,25). The van der Waals surface area contributed by atoms with Crippen molar-refractivity contribution >= 4 is 21.4 Å². The first-order valence-electron chi connectivity index (χ1n) is 10.5. The maximum absolute atomic E-state index is 12.2. The molecule has 7 heteroatoms. The summed E-state index contributed by atoms with van der Waals surface area (Å²) >= 11 is 1.46. The van der Waals surface area contributed by atoms with Crippen molar-refractivity contribution in [2.45, 2.75) is 46.1 Å². The van der Waals surface area contributed by atoms with Crippen molar-refractivity contribution < 1.29 is 0 Å². The van der Waals surface area contributed by atoms with Crippen LogP contribution in [0, 0.1) is 12.8 Å². The highest BCUT2D eigenvalue weighted by Gasteiger charge is 2.20. The highest BCUT2D eigenvalue weighted by Crippen LogP contribution is 2.22. The van der Waals surface area contributed by atoms with Gasteiger partial charge >= 0.3 is 0 Å². The van der Waals surface area contributed by atoms with Crippen LogP contribution in [0.3, 0.4) is 0 Å². The van der Waals surface area contributed by atoms with E-state index in [-0.39, 0.29) is 5.56 Å². The first kappa shape index (κ1) is 20.0. The summed E-state index contributed by atoms with van der Waals surface area (Å²) in [6.07, 6.45) is 4.17. The number of hydrogen-bond acceptors (Lipinski definition) is 6. The zero-order valence-corrected chi connectivity index (χ0v) is 18.0. The number of benzene rings is 1. The fourth-order valence-electron chi connectivity index (χ4n) is 3.84. The van der Waals surface area contributed by atoms with E-state index in [9.17, 15) is 4.79 Å². The molecule has 1 aliphatic rings. The van der Waals surface area contributed by atoms with E-state index in [0.29, 0.717) is 10.9 Å². The van der Waals surface area contributed by atoms with Gasteiger partial charge in [-0.05, 0) is 50.8 Å². The molecule has 0 bridgehead atoms. The Morgan fingerprint density at radius 1 is 1.21 bits per heavy atom. The highest BCUT2D eigenvalue weighted by molar-refractivity contribution is 7.20. The number of anilines is 1. The molecule has 2 aromatic heterocycles. The molecule has 4 rings (SSSR count). The molecule has 3 heterocycles. The predicted molar refractivity (Wildman–Crippen MR) is 119 cm³/mol. The summed E-state index contributed by atoms with van der Waals surface area (Å²) in [6.45, 7) is 8.41. The number of rotatable bonds is 7. The molecule has 1 aliphatic heterocycles. The van der Waals surface area contributed by atoms with Crippen LogP contribution < -0.4 is 10.9 Å².